The summed E-state index contributed by atoms with van der Waals surface area (Å²) in [6, 6.07) is 7.09. The van der Waals surface area contributed by atoms with E-state index in [0.717, 1.165) is 5.56 Å². The van der Waals surface area contributed by atoms with Gasteiger partial charge >= 0.3 is 0 Å². The molecule has 1 unspecified atom stereocenters. The second-order valence-corrected chi connectivity index (χ2v) is 8.85. The van der Waals surface area contributed by atoms with Gasteiger partial charge in [0.05, 0.1) is 24.0 Å². The van der Waals surface area contributed by atoms with Crippen molar-refractivity contribution in [1.29, 1.82) is 0 Å². The lowest BCUT2D eigenvalue weighted by Gasteiger charge is -2.32. The maximum absolute atomic E-state index is 13.7. The molecule has 32 heavy (non-hydrogen) atoms. The maximum Gasteiger partial charge on any atom is 0.270 e. The van der Waals surface area contributed by atoms with Gasteiger partial charge in [0.15, 0.2) is 0 Å². The van der Waals surface area contributed by atoms with Crippen LogP contribution < -0.4 is 10.7 Å². The number of hydrogen-bond acceptors (Lipinski definition) is 6. The molecule has 0 aliphatic carbocycles. The largest absolute Gasteiger partial charge is 0.768 e. The predicted molar refractivity (Wildman–Crippen MR) is 118 cm³/mol. The quantitative estimate of drug-likeness (QED) is 0.586. The third-order valence-corrected chi connectivity index (χ3v) is 5.96. The number of aromatic nitrogens is 2. The van der Waals surface area contributed by atoms with Gasteiger partial charge in [-0.2, -0.15) is 5.10 Å². The van der Waals surface area contributed by atoms with Crippen molar-refractivity contribution >= 4 is 22.7 Å². The number of benzene rings is 2. The van der Waals surface area contributed by atoms with Crippen molar-refractivity contribution in [2.24, 2.45) is 7.05 Å². The Bertz CT molecular complexity index is 1210. The van der Waals surface area contributed by atoms with Crippen LogP contribution in [0.1, 0.15) is 28.4 Å². The van der Waals surface area contributed by atoms with Crippen LogP contribution >= 0.6 is 0 Å². The summed E-state index contributed by atoms with van der Waals surface area (Å²) in [7, 11) is 1.79. The number of rotatable bonds is 4. The standard InChI is InChI=1S/C22H24FN5O3S/c1-13-6-16(23)4-5-18(13)19-7-17(32(30)31)8-20-21(19)26-14(2)9-25-28(22(20)29)12-15-10-24-27(3)11-15/h4-8,10-11,14,25-26H,9,12H2,1-3H3,(H,30,31)/p-1/t14-/m1/s1. The van der Waals surface area contributed by atoms with Crippen molar-refractivity contribution in [2.75, 3.05) is 11.9 Å². The van der Waals surface area contributed by atoms with E-state index in [-0.39, 0.29) is 34.8 Å². The normalized spacial score (nSPS) is 17.3. The molecule has 1 aliphatic rings. The summed E-state index contributed by atoms with van der Waals surface area (Å²) in [4.78, 5) is 13.5. The summed E-state index contributed by atoms with van der Waals surface area (Å²) < 4.78 is 39.1. The molecule has 3 aromatic rings. The highest BCUT2D eigenvalue weighted by atomic mass is 32.2. The number of halogens is 1. The van der Waals surface area contributed by atoms with E-state index in [1.165, 1.54) is 29.3 Å². The molecular formula is C22H23FN5O3S-. The number of aryl methyl sites for hydroxylation is 2. The van der Waals surface area contributed by atoms with Crippen LogP contribution in [-0.4, -0.2) is 42.0 Å². The van der Waals surface area contributed by atoms with E-state index in [2.05, 4.69) is 15.8 Å². The Hall–Kier alpha value is -3.08. The van der Waals surface area contributed by atoms with Gasteiger partial charge in [-0.25, -0.2) is 9.82 Å². The lowest BCUT2D eigenvalue weighted by molar-refractivity contribution is 0.0634. The molecule has 4 rings (SSSR count). The monoisotopic (exact) mass is 456 g/mol. The number of fused-ring (bicyclic) bond motifs is 1. The van der Waals surface area contributed by atoms with E-state index in [0.29, 0.717) is 28.9 Å². The summed E-state index contributed by atoms with van der Waals surface area (Å²) >= 11 is -2.56. The topological polar surface area (TPSA) is 102 Å². The maximum atomic E-state index is 13.7. The second kappa shape index (κ2) is 8.81. The Kier molecular flexibility index (Phi) is 6.09. The zero-order chi connectivity index (χ0) is 23.0. The van der Waals surface area contributed by atoms with Gasteiger partial charge in [0.25, 0.3) is 5.91 Å². The molecule has 1 amide bonds. The minimum atomic E-state index is -2.56. The fourth-order valence-corrected chi connectivity index (χ4v) is 4.23. The second-order valence-electron chi connectivity index (χ2n) is 7.91. The molecule has 2 aromatic carbocycles. The van der Waals surface area contributed by atoms with Crippen LogP contribution in [0.2, 0.25) is 0 Å². The predicted octanol–water partition coefficient (Wildman–Crippen LogP) is 2.73. The Morgan fingerprint density at radius 2 is 2.00 bits per heavy atom. The van der Waals surface area contributed by atoms with E-state index in [1.807, 2.05) is 13.1 Å². The van der Waals surface area contributed by atoms with Crippen LogP contribution in [0.3, 0.4) is 0 Å². The van der Waals surface area contributed by atoms with E-state index >= 15 is 0 Å². The van der Waals surface area contributed by atoms with Gasteiger partial charge in [-0.05, 0) is 60.3 Å². The van der Waals surface area contributed by atoms with Gasteiger partial charge in [-0.15, -0.1) is 0 Å². The zero-order valence-corrected chi connectivity index (χ0v) is 18.7. The lowest BCUT2D eigenvalue weighted by atomic mass is 9.95. The Morgan fingerprint density at radius 3 is 2.66 bits per heavy atom. The first kappa shape index (κ1) is 22.1. The summed E-state index contributed by atoms with van der Waals surface area (Å²) in [6.45, 7) is 4.42. The van der Waals surface area contributed by atoms with Gasteiger partial charge in [0.1, 0.15) is 5.82 Å². The molecule has 0 radical (unpaired) electrons. The van der Waals surface area contributed by atoms with Crippen molar-refractivity contribution in [1.82, 2.24) is 20.2 Å². The Labute approximate surface area is 187 Å². The number of carbonyl (C=O) groups excluding carboxylic acids is 1. The van der Waals surface area contributed by atoms with Crippen molar-refractivity contribution in [3.05, 3.63) is 65.2 Å². The van der Waals surface area contributed by atoms with Crippen molar-refractivity contribution in [3.63, 3.8) is 0 Å². The van der Waals surface area contributed by atoms with Gasteiger partial charge in [-0.1, -0.05) is 6.07 Å². The fraction of sp³-hybridized carbons (Fsp3) is 0.273. The van der Waals surface area contributed by atoms with Crippen LogP contribution in [0.4, 0.5) is 10.1 Å². The van der Waals surface area contributed by atoms with Crippen LogP contribution in [0.15, 0.2) is 47.6 Å². The molecule has 168 valence electrons. The third-order valence-electron chi connectivity index (χ3n) is 5.34. The minimum Gasteiger partial charge on any atom is -0.768 e. The fourth-order valence-electron chi connectivity index (χ4n) is 3.80. The first-order chi connectivity index (χ1) is 15.2. The molecular weight excluding hydrogens is 433 g/mol. The van der Waals surface area contributed by atoms with Gasteiger partial charge in [-0.3, -0.25) is 18.7 Å². The van der Waals surface area contributed by atoms with E-state index in [9.17, 15) is 17.9 Å². The Morgan fingerprint density at radius 1 is 1.25 bits per heavy atom. The number of amides is 1. The van der Waals surface area contributed by atoms with Crippen LogP contribution in [-0.2, 0) is 24.7 Å². The molecule has 2 heterocycles. The van der Waals surface area contributed by atoms with E-state index < -0.39 is 11.1 Å². The lowest BCUT2D eigenvalue weighted by Crippen LogP contribution is -2.48. The number of nitrogens with one attached hydrogen (secondary N) is 2. The smallest absolute Gasteiger partial charge is 0.270 e. The minimum absolute atomic E-state index is 0.0211. The molecule has 0 saturated heterocycles. The molecule has 2 atom stereocenters. The summed E-state index contributed by atoms with van der Waals surface area (Å²) in [5.41, 5.74) is 6.50. The van der Waals surface area contributed by atoms with Crippen LogP contribution in [0.25, 0.3) is 11.1 Å². The summed E-state index contributed by atoms with van der Waals surface area (Å²) in [5.74, 6) is -0.765. The number of carbonyl (C=O) groups is 1. The third kappa shape index (κ3) is 4.43. The van der Waals surface area contributed by atoms with Gasteiger partial charge in [0.2, 0.25) is 0 Å². The van der Waals surface area contributed by atoms with Crippen molar-refractivity contribution in [2.45, 2.75) is 31.3 Å². The highest BCUT2D eigenvalue weighted by Crippen LogP contribution is 2.37. The molecule has 0 bridgehead atoms. The number of nitrogens with zero attached hydrogens (tertiary/aromatic N) is 3. The first-order valence-electron chi connectivity index (χ1n) is 10.1. The van der Waals surface area contributed by atoms with Gasteiger partial charge < -0.3 is 9.87 Å². The number of hydrazine groups is 1. The van der Waals surface area contributed by atoms with Crippen molar-refractivity contribution < 1.29 is 17.9 Å². The summed E-state index contributed by atoms with van der Waals surface area (Å²) in [5, 5.41) is 8.94. The number of anilines is 1. The van der Waals surface area contributed by atoms with E-state index in [1.54, 1.807) is 30.9 Å². The average Bonchev–Trinajstić information content (AvgIpc) is 3.14. The molecule has 0 spiro atoms. The number of hydrogen-bond donors (Lipinski definition) is 2. The molecule has 1 aliphatic heterocycles. The highest BCUT2D eigenvalue weighted by Gasteiger charge is 2.27. The zero-order valence-electron chi connectivity index (χ0n) is 17.9. The first-order valence-corrected chi connectivity index (χ1v) is 11.1. The van der Waals surface area contributed by atoms with Gasteiger partial charge in [0, 0.05) is 41.9 Å². The van der Waals surface area contributed by atoms with Crippen LogP contribution in [0, 0.1) is 12.7 Å². The molecule has 0 fully saturated rings. The highest BCUT2D eigenvalue weighted by molar-refractivity contribution is 7.79. The Balaban J connectivity index is 1.88. The van der Waals surface area contributed by atoms with Crippen LogP contribution in [0.5, 0.6) is 0 Å². The molecule has 8 nitrogen and oxygen atoms in total. The van der Waals surface area contributed by atoms with Crippen molar-refractivity contribution in [3.8, 4) is 11.1 Å². The van der Waals surface area contributed by atoms with E-state index in [4.69, 9.17) is 0 Å². The summed E-state index contributed by atoms with van der Waals surface area (Å²) in [6.07, 6.45) is 3.49. The average molecular weight is 457 g/mol. The SMILES string of the molecule is Cc1cc(F)ccc1-c1cc(S(=O)[O-])cc2c1N[C@H](C)CNN(Cc1cnn(C)c1)C2=O. The molecule has 1 aromatic heterocycles. The molecule has 0 saturated carbocycles. The molecule has 10 heteroatoms. The molecule has 2 N–H and O–H groups in total.